The normalized spacial score (nSPS) is 17.5. The van der Waals surface area contributed by atoms with Crippen molar-refractivity contribution in [2.75, 3.05) is 5.32 Å². The molecule has 0 bridgehead atoms. The maximum Gasteiger partial charge on any atom is 0.259 e. The van der Waals surface area contributed by atoms with Crippen molar-refractivity contribution in [2.24, 2.45) is 0 Å². The number of para-hydroxylation sites is 1. The molecule has 31 heavy (non-hydrogen) atoms. The average molecular weight is 417 g/mol. The number of hydrogen-bond donors (Lipinski definition) is 1. The second-order valence-electron chi connectivity index (χ2n) is 7.71. The molecule has 0 saturated heterocycles. The van der Waals surface area contributed by atoms with E-state index in [0.29, 0.717) is 40.6 Å². The van der Waals surface area contributed by atoms with Crippen LogP contribution in [0.4, 0.5) is 10.1 Å². The molecule has 2 aromatic carbocycles. The van der Waals surface area contributed by atoms with Gasteiger partial charge in [-0.25, -0.2) is 9.07 Å². The Balaban J connectivity index is 1.39. The van der Waals surface area contributed by atoms with Gasteiger partial charge >= 0.3 is 0 Å². The molecule has 7 nitrogen and oxygen atoms in total. The van der Waals surface area contributed by atoms with Crippen LogP contribution in [0.5, 0.6) is 0 Å². The third kappa shape index (κ3) is 3.72. The number of rotatable bonds is 5. The third-order valence-electron chi connectivity index (χ3n) is 5.38. The maximum atomic E-state index is 13.3. The van der Waals surface area contributed by atoms with Gasteiger partial charge < -0.3 is 9.84 Å². The summed E-state index contributed by atoms with van der Waals surface area (Å²) in [6, 6.07) is 15.1. The summed E-state index contributed by atoms with van der Waals surface area (Å²) in [6.07, 6.45) is 1.24. The zero-order valence-electron chi connectivity index (χ0n) is 17.0. The van der Waals surface area contributed by atoms with Gasteiger partial charge in [-0.2, -0.15) is 10.1 Å². The number of carbonyl (C=O) groups excluding carboxylic acids is 1. The molecule has 0 aliphatic heterocycles. The second kappa shape index (κ2) is 7.46. The van der Waals surface area contributed by atoms with Crippen LogP contribution in [0.15, 0.2) is 59.3 Å². The van der Waals surface area contributed by atoms with Crippen molar-refractivity contribution in [1.82, 2.24) is 19.9 Å². The first-order valence-electron chi connectivity index (χ1n) is 10.0. The molecule has 1 N–H and O–H groups in total. The van der Waals surface area contributed by atoms with Crippen molar-refractivity contribution in [1.29, 1.82) is 0 Å². The molecule has 0 unspecified atom stereocenters. The van der Waals surface area contributed by atoms with Crippen molar-refractivity contribution in [2.45, 2.75) is 32.4 Å². The largest absolute Gasteiger partial charge is 0.339 e. The Morgan fingerprint density at radius 3 is 2.71 bits per heavy atom. The van der Waals surface area contributed by atoms with E-state index in [4.69, 9.17) is 4.52 Å². The minimum atomic E-state index is -0.902. The fourth-order valence-corrected chi connectivity index (χ4v) is 3.40. The molecule has 5 rings (SSSR count). The highest BCUT2D eigenvalue weighted by Crippen LogP contribution is 2.43. The van der Waals surface area contributed by atoms with E-state index in [2.05, 4.69) is 20.6 Å². The van der Waals surface area contributed by atoms with Crippen LogP contribution in [-0.4, -0.2) is 32.0 Å². The van der Waals surface area contributed by atoms with Crippen LogP contribution >= 0.6 is 0 Å². The maximum absolute atomic E-state index is 13.3. The number of hydrogen-bond acceptors (Lipinski definition) is 5. The number of aryl methyl sites for hydroxylation is 2. The first-order chi connectivity index (χ1) is 15.0. The molecular weight excluding hydrogens is 397 g/mol. The minimum absolute atomic E-state index is 0.257. The number of carbonyl (C=O) groups is 1. The smallest absolute Gasteiger partial charge is 0.259 e. The molecule has 0 spiro atoms. The van der Waals surface area contributed by atoms with Crippen molar-refractivity contribution in [3.8, 4) is 17.1 Å². The lowest BCUT2D eigenvalue weighted by Crippen LogP contribution is -2.13. The predicted molar refractivity (Wildman–Crippen MR) is 113 cm³/mol. The molecule has 8 heteroatoms. The molecule has 1 aliphatic rings. The van der Waals surface area contributed by atoms with Crippen LogP contribution < -0.4 is 5.32 Å². The zero-order chi connectivity index (χ0) is 21.5. The van der Waals surface area contributed by atoms with E-state index in [-0.39, 0.29) is 11.8 Å². The van der Waals surface area contributed by atoms with Gasteiger partial charge in [0.2, 0.25) is 11.7 Å². The number of halogens is 1. The van der Waals surface area contributed by atoms with Crippen molar-refractivity contribution < 1.29 is 13.7 Å². The molecule has 1 fully saturated rings. The lowest BCUT2D eigenvalue weighted by atomic mass is 10.1. The van der Waals surface area contributed by atoms with E-state index in [1.807, 2.05) is 49.4 Å². The van der Waals surface area contributed by atoms with Crippen LogP contribution in [0, 0.1) is 13.8 Å². The van der Waals surface area contributed by atoms with Gasteiger partial charge in [-0.15, -0.1) is 0 Å². The molecule has 4 aromatic rings. The fourth-order valence-electron chi connectivity index (χ4n) is 3.40. The SMILES string of the molecule is Cc1ccc(-c2noc([C@H]3C[C@@H]3F)n2)cc1NC(=O)c1cn(-c2ccccc2)nc1C. The van der Waals surface area contributed by atoms with Crippen LogP contribution in [0.2, 0.25) is 0 Å². The highest BCUT2D eigenvalue weighted by atomic mass is 19.1. The summed E-state index contributed by atoms with van der Waals surface area (Å²) in [4.78, 5) is 17.3. The molecule has 1 amide bonds. The molecule has 1 aliphatic carbocycles. The number of aromatic nitrogens is 4. The lowest BCUT2D eigenvalue weighted by Gasteiger charge is -2.09. The van der Waals surface area contributed by atoms with E-state index < -0.39 is 6.17 Å². The van der Waals surface area contributed by atoms with E-state index in [1.54, 1.807) is 23.9 Å². The number of alkyl halides is 1. The quantitative estimate of drug-likeness (QED) is 0.512. The van der Waals surface area contributed by atoms with E-state index >= 15 is 0 Å². The summed E-state index contributed by atoms with van der Waals surface area (Å²) in [7, 11) is 0. The van der Waals surface area contributed by atoms with Crippen LogP contribution in [0.1, 0.15) is 39.8 Å². The Kier molecular flexibility index (Phi) is 4.62. The highest BCUT2D eigenvalue weighted by Gasteiger charge is 2.43. The van der Waals surface area contributed by atoms with E-state index in [9.17, 15) is 9.18 Å². The number of nitrogens with one attached hydrogen (secondary N) is 1. The molecule has 2 heterocycles. The van der Waals surface area contributed by atoms with Gasteiger partial charge in [-0.3, -0.25) is 4.79 Å². The summed E-state index contributed by atoms with van der Waals surface area (Å²) in [6.45, 7) is 3.70. The standard InChI is InChI=1S/C23H20FN5O2/c1-13-8-9-15(21-26-23(31-28-21)17-11-19(17)24)10-20(13)25-22(30)18-12-29(27-14(18)2)16-6-4-3-5-7-16/h3-10,12,17,19H,11H2,1-2H3,(H,25,30)/t17-,19-/m0/s1. The lowest BCUT2D eigenvalue weighted by molar-refractivity contribution is 0.102. The molecule has 1 saturated carbocycles. The first-order valence-corrected chi connectivity index (χ1v) is 10.0. The highest BCUT2D eigenvalue weighted by molar-refractivity contribution is 6.05. The van der Waals surface area contributed by atoms with Gasteiger partial charge in [-0.05, 0) is 44.0 Å². The van der Waals surface area contributed by atoms with Gasteiger partial charge in [0, 0.05) is 17.4 Å². The van der Waals surface area contributed by atoms with Crippen LogP contribution in [0.3, 0.4) is 0 Å². The van der Waals surface area contributed by atoms with Crippen LogP contribution in [0.25, 0.3) is 17.1 Å². The van der Waals surface area contributed by atoms with E-state index in [1.165, 1.54) is 0 Å². The number of amides is 1. The predicted octanol–water partition coefficient (Wildman–Crippen LogP) is 4.62. The number of benzene rings is 2. The third-order valence-corrected chi connectivity index (χ3v) is 5.38. The van der Waals surface area contributed by atoms with Gasteiger partial charge in [-0.1, -0.05) is 35.5 Å². The number of anilines is 1. The molecule has 2 aromatic heterocycles. The van der Waals surface area contributed by atoms with Crippen molar-refractivity contribution in [3.05, 3.63) is 77.4 Å². The second-order valence-corrected chi connectivity index (χ2v) is 7.71. The van der Waals surface area contributed by atoms with E-state index in [0.717, 1.165) is 11.3 Å². The van der Waals surface area contributed by atoms with Crippen molar-refractivity contribution in [3.63, 3.8) is 0 Å². The Hall–Kier alpha value is -3.81. The van der Waals surface area contributed by atoms with Gasteiger partial charge in [0.15, 0.2) is 0 Å². The summed E-state index contributed by atoms with van der Waals surface area (Å²) < 4.78 is 20.1. The van der Waals surface area contributed by atoms with Crippen molar-refractivity contribution >= 4 is 11.6 Å². The molecule has 2 atom stereocenters. The summed E-state index contributed by atoms with van der Waals surface area (Å²) in [5.74, 6) is 0.136. The van der Waals surface area contributed by atoms with Crippen LogP contribution in [-0.2, 0) is 0 Å². The zero-order valence-corrected chi connectivity index (χ0v) is 17.0. The summed E-state index contributed by atoms with van der Waals surface area (Å²) in [5.41, 5.74) is 4.20. The van der Waals surface area contributed by atoms with Gasteiger partial charge in [0.05, 0.1) is 22.9 Å². The summed E-state index contributed by atoms with van der Waals surface area (Å²) >= 11 is 0. The van der Waals surface area contributed by atoms with Gasteiger partial charge in [0.25, 0.3) is 5.91 Å². The Labute approximate surface area is 177 Å². The topological polar surface area (TPSA) is 85.8 Å². The minimum Gasteiger partial charge on any atom is -0.339 e. The Morgan fingerprint density at radius 2 is 1.97 bits per heavy atom. The summed E-state index contributed by atoms with van der Waals surface area (Å²) in [5, 5.41) is 11.4. The fraction of sp³-hybridized carbons (Fsp3) is 0.217. The molecule has 0 radical (unpaired) electrons. The number of nitrogens with zero attached hydrogens (tertiary/aromatic N) is 4. The van der Waals surface area contributed by atoms with Gasteiger partial charge in [0.1, 0.15) is 6.17 Å². The molecular formula is C23H20FN5O2. The monoisotopic (exact) mass is 417 g/mol. The average Bonchev–Trinajstić information content (AvgIpc) is 3.16. The Bertz CT molecular complexity index is 1260. The first kappa shape index (κ1) is 19.2. The molecule has 156 valence electrons. The Morgan fingerprint density at radius 1 is 1.19 bits per heavy atom.